The molecule has 5 heteroatoms. The molecule has 0 unspecified atom stereocenters. The van der Waals surface area contributed by atoms with Gasteiger partial charge in [-0.05, 0) is 29.8 Å². The Labute approximate surface area is 147 Å². The number of hydrogen-bond acceptors (Lipinski definition) is 3. The van der Waals surface area contributed by atoms with Crippen molar-refractivity contribution in [3.05, 3.63) is 83.9 Å². The number of benzene rings is 2. The second kappa shape index (κ2) is 7.66. The number of carbonyl (C=O) groups excluding carboxylic acids is 1. The monoisotopic (exact) mass is 335 g/mol. The smallest absolute Gasteiger partial charge is 0.254 e. The van der Waals surface area contributed by atoms with E-state index >= 15 is 0 Å². The first-order chi connectivity index (χ1) is 12.1. The van der Waals surface area contributed by atoms with E-state index in [2.05, 4.69) is 4.98 Å². The molecule has 5 nitrogen and oxygen atoms in total. The van der Waals surface area contributed by atoms with Gasteiger partial charge in [-0.2, -0.15) is 0 Å². The Balaban J connectivity index is 1.59. The molecule has 3 rings (SSSR count). The highest BCUT2D eigenvalue weighted by atomic mass is 16.5. The lowest BCUT2D eigenvalue weighted by Gasteiger charge is -2.17. The van der Waals surface area contributed by atoms with Crippen molar-refractivity contribution in [2.75, 3.05) is 7.05 Å². The molecule has 0 atom stereocenters. The van der Waals surface area contributed by atoms with Gasteiger partial charge in [0.1, 0.15) is 18.2 Å². The zero-order valence-electron chi connectivity index (χ0n) is 14.4. The van der Waals surface area contributed by atoms with Gasteiger partial charge in [0.15, 0.2) is 0 Å². The molecule has 0 aliphatic heterocycles. The Hall–Kier alpha value is -3.08. The SMILES string of the molecule is CN(Cc1nccn1C)C(=O)c1ccc(COc2ccccc2)cc1. The molecule has 0 saturated carbocycles. The van der Waals surface area contributed by atoms with Gasteiger partial charge < -0.3 is 14.2 Å². The highest BCUT2D eigenvalue weighted by Gasteiger charge is 2.13. The minimum absolute atomic E-state index is 0.0291. The Morgan fingerprint density at radius 2 is 1.84 bits per heavy atom. The molecule has 25 heavy (non-hydrogen) atoms. The Morgan fingerprint density at radius 1 is 1.12 bits per heavy atom. The van der Waals surface area contributed by atoms with Gasteiger partial charge in [-0.25, -0.2) is 4.98 Å². The number of rotatable bonds is 6. The number of aromatic nitrogens is 2. The lowest BCUT2D eigenvalue weighted by atomic mass is 10.1. The van der Waals surface area contributed by atoms with Crippen LogP contribution in [0.15, 0.2) is 67.0 Å². The van der Waals surface area contributed by atoms with Crippen LogP contribution < -0.4 is 4.74 Å². The van der Waals surface area contributed by atoms with Gasteiger partial charge >= 0.3 is 0 Å². The number of imidazole rings is 1. The lowest BCUT2D eigenvalue weighted by molar-refractivity contribution is 0.0780. The molecular weight excluding hydrogens is 314 g/mol. The molecule has 128 valence electrons. The summed E-state index contributed by atoms with van der Waals surface area (Å²) in [5.74, 6) is 1.65. The molecule has 0 aliphatic rings. The van der Waals surface area contributed by atoms with Crippen molar-refractivity contribution < 1.29 is 9.53 Å². The summed E-state index contributed by atoms with van der Waals surface area (Å²) in [6, 6.07) is 17.2. The van der Waals surface area contributed by atoms with Crippen LogP contribution in [0.4, 0.5) is 0 Å². The number of nitrogens with zero attached hydrogens (tertiary/aromatic N) is 3. The third kappa shape index (κ3) is 4.26. The first-order valence-electron chi connectivity index (χ1n) is 8.12. The van der Waals surface area contributed by atoms with Crippen molar-refractivity contribution >= 4 is 5.91 Å². The summed E-state index contributed by atoms with van der Waals surface area (Å²) in [6.45, 7) is 0.947. The summed E-state index contributed by atoms with van der Waals surface area (Å²) >= 11 is 0. The molecule has 0 bridgehead atoms. The highest BCUT2D eigenvalue weighted by Crippen LogP contribution is 2.13. The molecule has 0 spiro atoms. The van der Waals surface area contributed by atoms with Gasteiger partial charge in [-0.3, -0.25) is 4.79 Å². The zero-order valence-corrected chi connectivity index (χ0v) is 14.4. The van der Waals surface area contributed by atoms with Crippen LogP contribution in [0, 0.1) is 0 Å². The molecule has 3 aromatic rings. The summed E-state index contributed by atoms with van der Waals surface area (Å²) in [5.41, 5.74) is 1.67. The van der Waals surface area contributed by atoms with Crippen molar-refractivity contribution in [3.8, 4) is 5.75 Å². The standard InChI is InChI=1S/C20H21N3O2/c1-22-13-12-21-19(22)14-23(2)20(24)17-10-8-16(9-11-17)15-25-18-6-4-3-5-7-18/h3-13H,14-15H2,1-2H3. The zero-order chi connectivity index (χ0) is 17.6. The molecule has 0 saturated heterocycles. The first-order valence-corrected chi connectivity index (χ1v) is 8.12. The molecule has 0 N–H and O–H groups in total. The van der Waals surface area contributed by atoms with Crippen molar-refractivity contribution in [1.82, 2.24) is 14.5 Å². The topological polar surface area (TPSA) is 47.4 Å². The van der Waals surface area contributed by atoms with Crippen LogP contribution in [0.5, 0.6) is 5.75 Å². The van der Waals surface area contributed by atoms with Crippen LogP contribution in [-0.4, -0.2) is 27.4 Å². The van der Waals surface area contributed by atoms with Crippen LogP contribution in [0.2, 0.25) is 0 Å². The molecule has 2 aromatic carbocycles. The van der Waals surface area contributed by atoms with Gasteiger partial charge in [-0.1, -0.05) is 30.3 Å². The predicted octanol–water partition coefficient (Wildman–Crippen LogP) is 3.27. The summed E-state index contributed by atoms with van der Waals surface area (Å²) in [4.78, 5) is 18.4. The minimum atomic E-state index is -0.0291. The summed E-state index contributed by atoms with van der Waals surface area (Å²) in [7, 11) is 3.70. The van der Waals surface area contributed by atoms with E-state index in [0.29, 0.717) is 18.7 Å². The van der Waals surface area contributed by atoms with Gasteiger partial charge in [0, 0.05) is 32.1 Å². The third-order valence-corrected chi connectivity index (χ3v) is 4.00. The largest absolute Gasteiger partial charge is 0.489 e. The summed E-state index contributed by atoms with van der Waals surface area (Å²) < 4.78 is 7.63. The molecule has 1 aromatic heterocycles. The second-order valence-electron chi connectivity index (χ2n) is 5.91. The van der Waals surface area contributed by atoms with E-state index < -0.39 is 0 Å². The maximum atomic E-state index is 12.5. The summed E-state index contributed by atoms with van der Waals surface area (Å²) in [6.07, 6.45) is 3.60. The van der Waals surface area contributed by atoms with Gasteiger partial charge in [0.05, 0.1) is 6.54 Å². The Kier molecular flexibility index (Phi) is 5.14. The Bertz CT molecular complexity index is 826. The predicted molar refractivity (Wildman–Crippen MR) is 96.2 cm³/mol. The van der Waals surface area contributed by atoms with Crippen LogP contribution in [-0.2, 0) is 20.2 Å². The lowest BCUT2D eigenvalue weighted by Crippen LogP contribution is -2.27. The fraction of sp³-hybridized carbons (Fsp3) is 0.200. The average Bonchev–Trinajstić information content (AvgIpc) is 3.05. The normalized spacial score (nSPS) is 10.5. The first kappa shape index (κ1) is 16.8. The van der Waals surface area contributed by atoms with Crippen LogP contribution in [0.1, 0.15) is 21.7 Å². The van der Waals surface area contributed by atoms with E-state index in [0.717, 1.165) is 17.1 Å². The molecule has 1 amide bonds. The van der Waals surface area contributed by atoms with Gasteiger partial charge in [0.2, 0.25) is 0 Å². The number of para-hydroxylation sites is 1. The number of carbonyl (C=O) groups is 1. The summed E-state index contributed by atoms with van der Waals surface area (Å²) in [5, 5.41) is 0. The molecule has 1 heterocycles. The average molecular weight is 335 g/mol. The van der Waals surface area contributed by atoms with Crippen molar-refractivity contribution in [2.24, 2.45) is 7.05 Å². The molecule has 0 aliphatic carbocycles. The Morgan fingerprint density at radius 3 is 2.48 bits per heavy atom. The van der Waals surface area contributed by atoms with Crippen molar-refractivity contribution in [2.45, 2.75) is 13.2 Å². The van der Waals surface area contributed by atoms with E-state index in [1.165, 1.54) is 0 Å². The number of aryl methyl sites for hydroxylation is 1. The maximum Gasteiger partial charge on any atom is 0.254 e. The quantitative estimate of drug-likeness (QED) is 0.694. The van der Waals surface area contributed by atoms with Crippen molar-refractivity contribution in [1.29, 1.82) is 0 Å². The van der Waals surface area contributed by atoms with E-state index in [-0.39, 0.29) is 5.91 Å². The van der Waals surface area contributed by atoms with E-state index in [1.807, 2.05) is 72.4 Å². The van der Waals surface area contributed by atoms with Gasteiger partial charge in [-0.15, -0.1) is 0 Å². The van der Waals surface area contributed by atoms with Crippen LogP contribution in [0.3, 0.4) is 0 Å². The van der Waals surface area contributed by atoms with Crippen molar-refractivity contribution in [3.63, 3.8) is 0 Å². The molecule has 0 fully saturated rings. The van der Waals surface area contributed by atoms with E-state index in [1.54, 1.807) is 18.1 Å². The third-order valence-electron chi connectivity index (χ3n) is 4.00. The van der Waals surface area contributed by atoms with E-state index in [4.69, 9.17) is 4.74 Å². The number of hydrogen-bond donors (Lipinski definition) is 0. The fourth-order valence-corrected chi connectivity index (χ4v) is 2.48. The van der Waals surface area contributed by atoms with E-state index in [9.17, 15) is 4.79 Å². The highest BCUT2D eigenvalue weighted by molar-refractivity contribution is 5.94. The van der Waals surface area contributed by atoms with Crippen LogP contribution >= 0.6 is 0 Å². The number of ether oxygens (including phenoxy) is 1. The van der Waals surface area contributed by atoms with Crippen LogP contribution in [0.25, 0.3) is 0 Å². The molecule has 0 radical (unpaired) electrons. The second-order valence-corrected chi connectivity index (χ2v) is 5.91. The maximum absolute atomic E-state index is 12.5. The molecular formula is C20H21N3O2. The minimum Gasteiger partial charge on any atom is -0.489 e. The number of amides is 1. The fourth-order valence-electron chi connectivity index (χ4n) is 2.48. The van der Waals surface area contributed by atoms with Gasteiger partial charge in [0.25, 0.3) is 5.91 Å².